The summed E-state index contributed by atoms with van der Waals surface area (Å²) in [5.74, 6) is 2.09. The van der Waals surface area contributed by atoms with Gasteiger partial charge in [-0.05, 0) is 30.6 Å². The first-order valence-electron chi connectivity index (χ1n) is 7.63. The van der Waals surface area contributed by atoms with E-state index >= 15 is 0 Å². The van der Waals surface area contributed by atoms with E-state index in [2.05, 4.69) is 19.2 Å². The molecule has 4 nitrogen and oxygen atoms in total. The molecule has 4 heteroatoms. The largest absolute Gasteiger partial charge is 0.389 e. The van der Waals surface area contributed by atoms with Crippen LogP contribution in [0.2, 0.25) is 0 Å². The van der Waals surface area contributed by atoms with Gasteiger partial charge in [-0.1, -0.05) is 26.7 Å². The molecule has 2 fully saturated rings. The standard InChI is InChI=1S/C15H27NO3/c1-10(2)8-19-9-11(17)7-16-15(18)14-12-5-3-4-6-13(12)14/h10-14,17H,3-9H2,1-2H3,(H,16,18). The predicted octanol–water partition coefficient (Wildman–Crippen LogP) is 1.57. The molecule has 0 radical (unpaired) electrons. The van der Waals surface area contributed by atoms with Gasteiger partial charge in [0.1, 0.15) is 0 Å². The Kier molecular flexibility index (Phi) is 5.22. The molecule has 0 aliphatic heterocycles. The van der Waals surface area contributed by atoms with Crippen molar-refractivity contribution in [3.05, 3.63) is 0 Å². The molecule has 3 unspecified atom stereocenters. The quantitative estimate of drug-likeness (QED) is 0.737. The van der Waals surface area contributed by atoms with E-state index in [0.29, 0.717) is 37.5 Å². The average Bonchev–Trinajstić information content (AvgIpc) is 3.10. The summed E-state index contributed by atoms with van der Waals surface area (Å²) < 4.78 is 5.36. The molecule has 0 saturated heterocycles. The summed E-state index contributed by atoms with van der Waals surface area (Å²) in [6, 6.07) is 0. The minimum atomic E-state index is -0.594. The first kappa shape index (κ1) is 14.8. The lowest BCUT2D eigenvalue weighted by Crippen LogP contribution is -2.36. The molecule has 2 aliphatic rings. The lowest BCUT2D eigenvalue weighted by Gasteiger charge is -2.13. The highest BCUT2D eigenvalue weighted by Gasteiger charge is 2.54. The maximum Gasteiger partial charge on any atom is 0.223 e. The molecule has 0 aromatic carbocycles. The Morgan fingerprint density at radius 1 is 1.26 bits per heavy atom. The molecule has 2 rings (SSSR count). The number of nitrogens with one attached hydrogen (secondary N) is 1. The van der Waals surface area contributed by atoms with Crippen molar-refractivity contribution < 1.29 is 14.6 Å². The van der Waals surface area contributed by atoms with Crippen LogP contribution in [0.25, 0.3) is 0 Å². The van der Waals surface area contributed by atoms with E-state index in [4.69, 9.17) is 4.74 Å². The van der Waals surface area contributed by atoms with Gasteiger partial charge >= 0.3 is 0 Å². The maximum absolute atomic E-state index is 12.0. The molecule has 1 amide bonds. The second-order valence-corrected chi connectivity index (χ2v) is 6.47. The second-order valence-electron chi connectivity index (χ2n) is 6.47. The number of aliphatic hydroxyl groups is 1. The zero-order chi connectivity index (χ0) is 13.8. The van der Waals surface area contributed by atoms with Gasteiger partial charge in [0.05, 0.1) is 12.7 Å². The van der Waals surface area contributed by atoms with Crippen LogP contribution in [0.4, 0.5) is 0 Å². The van der Waals surface area contributed by atoms with E-state index in [1.807, 2.05) is 0 Å². The third-order valence-corrected chi connectivity index (χ3v) is 4.23. The molecular weight excluding hydrogens is 242 g/mol. The SMILES string of the molecule is CC(C)COCC(O)CNC(=O)C1C2CCCCC21. The van der Waals surface area contributed by atoms with Gasteiger partial charge < -0.3 is 15.2 Å². The van der Waals surface area contributed by atoms with Crippen molar-refractivity contribution in [2.75, 3.05) is 19.8 Å². The van der Waals surface area contributed by atoms with Crippen LogP contribution >= 0.6 is 0 Å². The number of amides is 1. The fourth-order valence-corrected chi connectivity index (χ4v) is 3.22. The van der Waals surface area contributed by atoms with E-state index in [0.717, 1.165) is 0 Å². The third kappa shape index (κ3) is 4.18. The Hall–Kier alpha value is -0.610. The number of hydrogen-bond acceptors (Lipinski definition) is 3. The average molecular weight is 269 g/mol. The minimum absolute atomic E-state index is 0.139. The van der Waals surface area contributed by atoms with Crippen molar-refractivity contribution in [3.63, 3.8) is 0 Å². The zero-order valence-electron chi connectivity index (χ0n) is 12.1. The lowest BCUT2D eigenvalue weighted by atomic mass is 10.0. The molecule has 0 bridgehead atoms. The summed E-state index contributed by atoms with van der Waals surface area (Å²) in [6.45, 7) is 5.41. The Morgan fingerprint density at radius 2 is 1.89 bits per heavy atom. The van der Waals surface area contributed by atoms with E-state index in [-0.39, 0.29) is 11.8 Å². The lowest BCUT2D eigenvalue weighted by molar-refractivity contribution is -0.123. The number of rotatable bonds is 7. The summed E-state index contributed by atoms with van der Waals surface area (Å²) in [4.78, 5) is 12.0. The van der Waals surface area contributed by atoms with E-state index < -0.39 is 6.10 Å². The molecule has 0 spiro atoms. The summed E-state index contributed by atoms with van der Waals surface area (Å²) >= 11 is 0. The fourth-order valence-electron chi connectivity index (χ4n) is 3.22. The van der Waals surface area contributed by atoms with Crippen molar-refractivity contribution in [1.82, 2.24) is 5.32 Å². The summed E-state index contributed by atoms with van der Waals surface area (Å²) in [6.07, 6.45) is 4.38. The van der Waals surface area contributed by atoms with Crippen LogP contribution in [0.3, 0.4) is 0 Å². The molecule has 0 aromatic rings. The van der Waals surface area contributed by atoms with Gasteiger partial charge in [-0.2, -0.15) is 0 Å². The van der Waals surface area contributed by atoms with E-state index in [9.17, 15) is 9.90 Å². The third-order valence-electron chi connectivity index (χ3n) is 4.23. The molecule has 2 saturated carbocycles. The topological polar surface area (TPSA) is 58.6 Å². The highest BCUT2D eigenvalue weighted by atomic mass is 16.5. The number of carbonyl (C=O) groups is 1. The van der Waals surface area contributed by atoms with Crippen molar-refractivity contribution in [3.8, 4) is 0 Å². The Labute approximate surface area is 115 Å². The number of hydrogen-bond donors (Lipinski definition) is 2. The molecule has 2 aliphatic carbocycles. The number of fused-ring (bicyclic) bond motifs is 1. The number of aliphatic hydroxyl groups excluding tert-OH is 1. The van der Waals surface area contributed by atoms with Crippen LogP contribution in [0.15, 0.2) is 0 Å². The molecule has 110 valence electrons. The van der Waals surface area contributed by atoms with Crippen LogP contribution in [-0.2, 0) is 9.53 Å². The smallest absolute Gasteiger partial charge is 0.223 e. The first-order chi connectivity index (χ1) is 9.09. The summed E-state index contributed by atoms with van der Waals surface area (Å²) in [5, 5.41) is 12.6. The monoisotopic (exact) mass is 269 g/mol. The van der Waals surface area contributed by atoms with Gasteiger partial charge in [0.15, 0.2) is 0 Å². The van der Waals surface area contributed by atoms with Crippen LogP contribution in [0.5, 0.6) is 0 Å². The highest BCUT2D eigenvalue weighted by molar-refractivity contribution is 5.82. The number of ether oxygens (including phenoxy) is 1. The Bertz CT molecular complexity index is 294. The van der Waals surface area contributed by atoms with Gasteiger partial charge in [0.25, 0.3) is 0 Å². The summed E-state index contributed by atoms with van der Waals surface area (Å²) in [7, 11) is 0. The van der Waals surface area contributed by atoms with E-state index in [1.54, 1.807) is 0 Å². The summed E-state index contributed by atoms with van der Waals surface area (Å²) in [5.41, 5.74) is 0. The van der Waals surface area contributed by atoms with Gasteiger partial charge in [-0.25, -0.2) is 0 Å². The number of carbonyl (C=O) groups excluding carboxylic acids is 1. The molecule has 0 aromatic heterocycles. The minimum Gasteiger partial charge on any atom is -0.389 e. The Morgan fingerprint density at radius 3 is 2.47 bits per heavy atom. The fraction of sp³-hybridized carbons (Fsp3) is 0.933. The van der Waals surface area contributed by atoms with Crippen LogP contribution in [-0.4, -0.2) is 36.9 Å². The van der Waals surface area contributed by atoms with Crippen molar-refractivity contribution in [1.29, 1.82) is 0 Å². The van der Waals surface area contributed by atoms with Crippen LogP contribution < -0.4 is 5.32 Å². The molecule has 19 heavy (non-hydrogen) atoms. The van der Waals surface area contributed by atoms with Crippen LogP contribution in [0, 0.1) is 23.7 Å². The molecular formula is C15H27NO3. The van der Waals surface area contributed by atoms with Gasteiger partial charge in [0.2, 0.25) is 5.91 Å². The Balaban J connectivity index is 1.59. The van der Waals surface area contributed by atoms with Crippen molar-refractivity contribution in [2.24, 2.45) is 23.7 Å². The molecule has 3 atom stereocenters. The van der Waals surface area contributed by atoms with E-state index in [1.165, 1.54) is 25.7 Å². The van der Waals surface area contributed by atoms with Crippen molar-refractivity contribution >= 4 is 5.91 Å². The maximum atomic E-state index is 12.0. The molecule has 0 heterocycles. The van der Waals surface area contributed by atoms with Crippen molar-refractivity contribution in [2.45, 2.75) is 45.6 Å². The second kappa shape index (κ2) is 6.71. The predicted molar refractivity (Wildman–Crippen MR) is 73.6 cm³/mol. The van der Waals surface area contributed by atoms with Gasteiger partial charge in [-0.15, -0.1) is 0 Å². The normalized spacial score (nSPS) is 30.8. The molecule has 2 N–H and O–H groups in total. The highest BCUT2D eigenvalue weighted by Crippen LogP contribution is 2.55. The zero-order valence-corrected chi connectivity index (χ0v) is 12.1. The first-order valence-corrected chi connectivity index (χ1v) is 7.63. The van der Waals surface area contributed by atoms with Gasteiger partial charge in [0, 0.05) is 19.1 Å². The van der Waals surface area contributed by atoms with Crippen LogP contribution in [0.1, 0.15) is 39.5 Å². The van der Waals surface area contributed by atoms with Gasteiger partial charge in [-0.3, -0.25) is 4.79 Å².